The fraction of sp³-hybridized carbons (Fsp3) is 0.429. The van der Waals surface area contributed by atoms with Crippen molar-refractivity contribution in [1.82, 2.24) is 4.90 Å². The molecule has 0 radical (unpaired) electrons. The van der Waals surface area contributed by atoms with Gasteiger partial charge in [0.25, 0.3) is 0 Å². The number of ether oxygens (including phenoxy) is 1. The first-order valence-corrected chi connectivity index (χ1v) is 5.79. The summed E-state index contributed by atoms with van der Waals surface area (Å²) in [4.78, 5) is 12.6. The highest BCUT2D eigenvalue weighted by atomic mass is 16.5. The lowest BCUT2D eigenvalue weighted by molar-refractivity contribution is -0.124. The van der Waals surface area contributed by atoms with Crippen molar-refractivity contribution < 1.29 is 9.53 Å². The highest BCUT2D eigenvalue weighted by Gasteiger charge is 2.11. The maximum absolute atomic E-state index is 11.2. The molecule has 4 heteroatoms. The second kappa shape index (κ2) is 6.06. The predicted octanol–water partition coefficient (Wildman–Crippen LogP) is 1.84. The predicted molar refractivity (Wildman–Crippen MR) is 69.4 cm³/mol. The van der Waals surface area contributed by atoms with E-state index in [0.717, 1.165) is 22.4 Å². The Kier molecular flexibility index (Phi) is 4.73. The largest absolute Gasteiger partial charge is 0.496 e. The third-order valence-corrected chi connectivity index (χ3v) is 2.86. The van der Waals surface area contributed by atoms with Crippen LogP contribution in [0.3, 0.4) is 0 Å². The molecule has 0 spiro atoms. The van der Waals surface area contributed by atoms with E-state index in [2.05, 4.69) is 12.1 Å². The Bertz CT molecular complexity index is 489. The number of hydrogen-bond acceptors (Lipinski definition) is 3. The summed E-state index contributed by atoms with van der Waals surface area (Å²) in [6, 6.07) is 5.72. The maximum atomic E-state index is 11.2. The van der Waals surface area contributed by atoms with Crippen LogP contribution in [0.25, 0.3) is 0 Å². The van der Waals surface area contributed by atoms with Gasteiger partial charge in [-0.05, 0) is 31.4 Å². The molecule has 0 atom stereocenters. The van der Waals surface area contributed by atoms with Gasteiger partial charge in [0.2, 0.25) is 0 Å². The monoisotopic (exact) mass is 246 g/mol. The minimum absolute atomic E-state index is 0.506. The number of benzene rings is 1. The standard InChI is InChI=1S/C14H18N2O2/c1-10-7-11(2)14(18-4)12(8-10)5-6-16(3)13(17)9-15/h7-8H,5-6H2,1-4H3. The summed E-state index contributed by atoms with van der Waals surface area (Å²) in [5, 5.41) is 8.53. The third kappa shape index (κ3) is 3.24. The van der Waals surface area contributed by atoms with Crippen molar-refractivity contribution in [3.8, 4) is 11.8 Å². The minimum atomic E-state index is -0.515. The molecule has 0 aliphatic heterocycles. The van der Waals surface area contributed by atoms with E-state index in [0.29, 0.717) is 13.0 Å². The molecule has 4 nitrogen and oxygen atoms in total. The molecule has 96 valence electrons. The van der Waals surface area contributed by atoms with Crippen LogP contribution < -0.4 is 4.74 Å². The molecule has 0 fully saturated rings. The van der Waals surface area contributed by atoms with E-state index < -0.39 is 5.91 Å². The summed E-state index contributed by atoms with van der Waals surface area (Å²) >= 11 is 0. The van der Waals surface area contributed by atoms with Gasteiger partial charge in [-0.3, -0.25) is 4.79 Å². The molecule has 1 amide bonds. The normalized spacial score (nSPS) is 9.72. The van der Waals surface area contributed by atoms with Crippen LogP contribution in [-0.2, 0) is 11.2 Å². The van der Waals surface area contributed by atoms with Gasteiger partial charge in [0.05, 0.1) is 7.11 Å². The Morgan fingerprint density at radius 3 is 2.67 bits per heavy atom. The Balaban J connectivity index is 2.85. The van der Waals surface area contributed by atoms with Crippen LogP contribution in [0.4, 0.5) is 0 Å². The van der Waals surface area contributed by atoms with E-state index in [-0.39, 0.29) is 0 Å². The molecular formula is C14H18N2O2. The fourth-order valence-corrected chi connectivity index (χ4v) is 2.00. The first-order chi connectivity index (χ1) is 8.49. The quantitative estimate of drug-likeness (QED) is 0.762. The number of amides is 1. The molecule has 0 aliphatic rings. The van der Waals surface area contributed by atoms with E-state index in [1.54, 1.807) is 20.2 Å². The van der Waals surface area contributed by atoms with Crippen LogP contribution >= 0.6 is 0 Å². The van der Waals surface area contributed by atoms with Gasteiger partial charge in [-0.2, -0.15) is 5.26 Å². The van der Waals surface area contributed by atoms with Crippen LogP contribution in [0.5, 0.6) is 5.75 Å². The van der Waals surface area contributed by atoms with Crippen LogP contribution in [0.15, 0.2) is 12.1 Å². The molecule has 1 aromatic rings. The fourth-order valence-electron chi connectivity index (χ4n) is 2.00. The van der Waals surface area contributed by atoms with E-state index >= 15 is 0 Å². The van der Waals surface area contributed by atoms with Crippen molar-refractivity contribution in [3.63, 3.8) is 0 Å². The first kappa shape index (κ1) is 14.0. The van der Waals surface area contributed by atoms with Crippen molar-refractivity contribution in [2.45, 2.75) is 20.3 Å². The lowest BCUT2D eigenvalue weighted by Crippen LogP contribution is -2.27. The van der Waals surface area contributed by atoms with E-state index in [4.69, 9.17) is 10.00 Å². The maximum Gasteiger partial charge on any atom is 0.324 e. The number of methoxy groups -OCH3 is 1. The molecule has 18 heavy (non-hydrogen) atoms. The van der Waals surface area contributed by atoms with Gasteiger partial charge in [0.15, 0.2) is 6.07 Å². The zero-order valence-corrected chi connectivity index (χ0v) is 11.3. The van der Waals surface area contributed by atoms with Gasteiger partial charge in [-0.15, -0.1) is 0 Å². The number of carbonyl (C=O) groups excluding carboxylic acids is 1. The van der Waals surface area contributed by atoms with Crippen LogP contribution in [-0.4, -0.2) is 31.5 Å². The number of likely N-dealkylation sites (N-methyl/N-ethyl adjacent to an activating group) is 1. The number of nitrogens with zero attached hydrogens (tertiary/aromatic N) is 2. The third-order valence-electron chi connectivity index (χ3n) is 2.86. The molecule has 0 unspecified atom stereocenters. The molecule has 0 aromatic heterocycles. The molecule has 0 bridgehead atoms. The molecule has 0 N–H and O–H groups in total. The Hall–Kier alpha value is -2.02. The summed E-state index contributed by atoms with van der Waals surface area (Å²) in [5.74, 6) is 0.344. The van der Waals surface area contributed by atoms with Crippen molar-refractivity contribution in [1.29, 1.82) is 5.26 Å². The van der Waals surface area contributed by atoms with Crippen molar-refractivity contribution in [2.24, 2.45) is 0 Å². The summed E-state index contributed by atoms with van der Waals surface area (Å²) in [6.45, 7) is 4.53. The van der Waals surface area contributed by atoms with Crippen molar-refractivity contribution in [2.75, 3.05) is 20.7 Å². The zero-order valence-electron chi connectivity index (χ0n) is 11.3. The molecule has 1 rings (SSSR count). The van der Waals surface area contributed by atoms with E-state index in [1.807, 2.05) is 13.8 Å². The average Bonchev–Trinajstić information content (AvgIpc) is 2.34. The van der Waals surface area contributed by atoms with Crippen LogP contribution in [0, 0.1) is 25.2 Å². The zero-order chi connectivity index (χ0) is 13.7. The van der Waals surface area contributed by atoms with Gasteiger partial charge >= 0.3 is 5.91 Å². The lowest BCUT2D eigenvalue weighted by Gasteiger charge is -2.16. The SMILES string of the molecule is COc1c(C)cc(C)cc1CCN(C)C(=O)C#N. The summed E-state index contributed by atoms with van der Waals surface area (Å²) in [5.41, 5.74) is 3.31. The van der Waals surface area contributed by atoms with Gasteiger partial charge in [-0.25, -0.2) is 0 Å². The molecule has 0 saturated carbocycles. The molecular weight excluding hydrogens is 228 g/mol. The van der Waals surface area contributed by atoms with Crippen LogP contribution in [0.2, 0.25) is 0 Å². The summed E-state index contributed by atoms with van der Waals surface area (Å²) < 4.78 is 5.38. The van der Waals surface area contributed by atoms with Gasteiger partial charge in [0.1, 0.15) is 5.75 Å². The Morgan fingerprint density at radius 2 is 2.11 bits per heavy atom. The second-order valence-corrected chi connectivity index (χ2v) is 4.36. The number of carbonyl (C=O) groups is 1. The Labute approximate surface area is 108 Å². The smallest absolute Gasteiger partial charge is 0.324 e. The summed E-state index contributed by atoms with van der Waals surface area (Å²) in [6.07, 6.45) is 0.676. The van der Waals surface area contributed by atoms with Gasteiger partial charge < -0.3 is 9.64 Å². The molecule has 1 aromatic carbocycles. The highest BCUT2D eigenvalue weighted by Crippen LogP contribution is 2.25. The van der Waals surface area contributed by atoms with E-state index in [9.17, 15) is 4.79 Å². The molecule has 0 saturated heterocycles. The number of rotatable bonds is 4. The van der Waals surface area contributed by atoms with Gasteiger partial charge in [-0.1, -0.05) is 17.7 Å². The van der Waals surface area contributed by atoms with Crippen molar-refractivity contribution >= 4 is 5.91 Å². The van der Waals surface area contributed by atoms with Crippen molar-refractivity contribution in [3.05, 3.63) is 28.8 Å². The first-order valence-electron chi connectivity index (χ1n) is 5.79. The molecule has 0 aliphatic carbocycles. The summed E-state index contributed by atoms with van der Waals surface area (Å²) in [7, 11) is 3.27. The van der Waals surface area contributed by atoms with Crippen LogP contribution in [0.1, 0.15) is 16.7 Å². The minimum Gasteiger partial charge on any atom is -0.496 e. The Morgan fingerprint density at radius 1 is 1.44 bits per heavy atom. The second-order valence-electron chi connectivity index (χ2n) is 4.36. The highest BCUT2D eigenvalue weighted by molar-refractivity contribution is 5.90. The lowest BCUT2D eigenvalue weighted by atomic mass is 10.0. The van der Waals surface area contributed by atoms with E-state index in [1.165, 1.54) is 4.90 Å². The topological polar surface area (TPSA) is 53.3 Å². The number of aryl methyl sites for hydroxylation is 2. The number of hydrogen-bond donors (Lipinski definition) is 0. The molecule has 0 heterocycles. The number of nitriles is 1. The van der Waals surface area contributed by atoms with Gasteiger partial charge in [0, 0.05) is 13.6 Å². The average molecular weight is 246 g/mol.